The molecule has 5 heteroatoms. The molecule has 0 spiro atoms. The number of amides is 3. The zero-order chi connectivity index (χ0) is 19.2. The molecule has 0 radical (unpaired) electrons. The van der Waals surface area contributed by atoms with E-state index >= 15 is 0 Å². The minimum Gasteiger partial charge on any atom is -0.341 e. The van der Waals surface area contributed by atoms with E-state index in [0.29, 0.717) is 37.9 Å². The van der Waals surface area contributed by atoms with Crippen LogP contribution in [-0.4, -0.2) is 47.9 Å². The van der Waals surface area contributed by atoms with Crippen molar-refractivity contribution in [3.63, 3.8) is 0 Å². The molecule has 148 valence electrons. The van der Waals surface area contributed by atoms with E-state index < -0.39 is 0 Å². The predicted octanol–water partition coefficient (Wildman–Crippen LogP) is 4.46. The lowest BCUT2D eigenvalue weighted by molar-refractivity contribution is -0.132. The first kappa shape index (κ1) is 19.7. The van der Waals surface area contributed by atoms with Crippen LogP contribution in [-0.2, 0) is 4.79 Å². The second-order valence-electron chi connectivity index (χ2n) is 8.28. The maximum atomic E-state index is 12.6. The first-order chi connectivity index (χ1) is 13.0. The fourth-order valence-corrected chi connectivity index (χ4v) is 4.11. The van der Waals surface area contributed by atoms with Crippen molar-refractivity contribution in [1.29, 1.82) is 0 Å². The number of carbonyl (C=O) groups excluding carboxylic acids is 2. The Labute approximate surface area is 163 Å². The van der Waals surface area contributed by atoms with Crippen molar-refractivity contribution in [2.24, 2.45) is 5.92 Å². The van der Waals surface area contributed by atoms with Gasteiger partial charge in [0.1, 0.15) is 0 Å². The second kappa shape index (κ2) is 9.25. The normalized spacial score (nSPS) is 18.6. The van der Waals surface area contributed by atoms with Gasteiger partial charge in [-0.15, -0.1) is 0 Å². The third-order valence-electron chi connectivity index (χ3n) is 5.90. The van der Waals surface area contributed by atoms with Crippen LogP contribution in [0.15, 0.2) is 24.3 Å². The Morgan fingerprint density at radius 3 is 2.26 bits per heavy atom. The van der Waals surface area contributed by atoms with Crippen molar-refractivity contribution in [3.8, 4) is 0 Å². The molecule has 1 N–H and O–H groups in total. The number of rotatable bonds is 4. The number of hydrogen-bond acceptors (Lipinski definition) is 2. The maximum absolute atomic E-state index is 12.6. The third kappa shape index (κ3) is 5.47. The predicted molar refractivity (Wildman–Crippen MR) is 109 cm³/mol. The molecule has 1 aliphatic heterocycles. The Bertz CT molecular complexity index is 635. The summed E-state index contributed by atoms with van der Waals surface area (Å²) in [5.74, 6) is 1.33. The summed E-state index contributed by atoms with van der Waals surface area (Å²) in [6, 6.07) is 7.97. The quantitative estimate of drug-likeness (QED) is 0.850. The van der Waals surface area contributed by atoms with Crippen molar-refractivity contribution in [1.82, 2.24) is 9.80 Å². The highest BCUT2D eigenvalue weighted by molar-refractivity contribution is 5.89. The highest BCUT2D eigenvalue weighted by Crippen LogP contribution is 2.28. The largest absolute Gasteiger partial charge is 0.341 e. The smallest absolute Gasteiger partial charge is 0.321 e. The molecule has 1 aliphatic carbocycles. The number of anilines is 1. The average molecular weight is 372 g/mol. The monoisotopic (exact) mass is 371 g/mol. The van der Waals surface area contributed by atoms with E-state index in [-0.39, 0.29) is 11.9 Å². The molecule has 0 unspecified atom stereocenters. The number of hydrogen-bond donors (Lipinski definition) is 1. The molecule has 3 amide bonds. The molecule has 0 atom stereocenters. The first-order valence-corrected chi connectivity index (χ1v) is 10.5. The lowest BCUT2D eigenvalue weighted by atomic mass is 10.0. The van der Waals surface area contributed by atoms with Crippen LogP contribution in [0.3, 0.4) is 0 Å². The van der Waals surface area contributed by atoms with Gasteiger partial charge in [0.05, 0.1) is 0 Å². The van der Waals surface area contributed by atoms with Gasteiger partial charge in [-0.25, -0.2) is 4.79 Å². The summed E-state index contributed by atoms with van der Waals surface area (Å²) in [6.07, 6.45) is 6.46. The Morgan fingerprint density at radius 1 is 0.963 bits per heavy atom. The lowest BCUT2D eigenvalue weighted by Crippen LogP contribution is -2.39. The fraction of sp³-hybridized carbons (Fsp3) is 0.636. The zero-order valence-electron chi connectivity index (χ0n) is 16.7. The van der Waals surface area contributed by atoms with E-state index in [1.54, 1.807) is 0 Å². The Morgan fingerprint density at radius 2 is 1.59 bits per heavy atom. The third-order valence-corrected chi connectivity index (χ3v) is 5.90. The lowest BCUT2D eigenvalue weighted by Gasteiger charge is -2.23. The van der Waals surface area contributed by atoms with E-state index in [1.807, 2.05) is 21.9 Å². The standard InChI is InChI=1S/C22H33N3O2/c1-17(2)19-8-10-20(11-9-19)23-22(27)25-13-5-12-24(14-15-25)21(26)16-18-6-3-4-7-18/h8-11,17-18H,3-7,12-16H2,1-2H3,(H,23,27). The average Bonchev–Trinajstić information content (AvgIpc) is 3.03. The van der Waals surface area contributed by atoms with E-state index in [1.165, 1.54) is 31.2 Å². The van der Waals surface area contributed by atoms with Gasteiger partial charge in [-0.2, -0.15) is 0 Å². The summed E-state index contributed by atoms with van der Waals surface area (Å²) in [4.78, 5) is 29.0. The number of carbonyl (C=O) groups is 2. The summed E-state index contributed by atoms with van der Waals surface area (Å²) in [5.41, 5.74) is 2.09. The molecular weight excluding hydrogens is 338 g/mol. The van der Waals surface area contributed by atoms with Gasteiger partial charge < -0.3 is 15.1 Å². The van der Waals surface area contributed by atoms with Gasteiger partial charge in [0.2, 0.25) is 5.91 Å². The first-order valence-electron chi connectivity index (χ1n) is 10.5. The van der Waals surface area contributed by atoms with Crippen LogP contribution >= 0.6 is 0 Å². The highest BCUT2D eigenvalue weighted by atomic mass is 16.2. The van der Waals surface area contributed by atoms with E-state index in [9.17, 15) is 9.59 Å². The maximum Gasteiger partial charge on any atom is 0.321 e. The molecule has 5 nitrogen and oxygen atoms in total. The van der Waals surface area contributed by atoms with Gasteiger partial charge in [0.15, 0.2) is 0 Å². The molecular formula is C22H33N3O2. The molecule has 2 aliphatic rings. The van der Waals surface area contributed by atoms with Crippen LogP contribution < -0.4 is 5.32 Å². The van der Waals surface area contributed by atoms with Gasteiger partial charge >= 0.3 is 6.03 Å². The Balaban J connectivity index is 1.49. The Hall–Kier alpha value is -2.04. The van der Waals surface area contributed by atoms with Gasteiger partial charge in [0.25, 0.3) is 0 Å². The minimum absolute atomic E-state index is 0.0719. The summed E-state index contributed by atoms with van der Waals surface area (Å²) in [6.45, 7) is 7.02. The number of nitrogens with zero attached hydrogens (tertiary/aromatic N) is 2. The van der Waals surface area contributed by atoms with Crippen molar-refractivity contribution < 1.29 is 9.59 Å². The second-order valence-corrected chi connectivity index (χ2v) is 8.28. The minimum atomic E-state index is -0.0719. The fourth-order valence-electron chi connectivity index (χ4n) is 4.11. The van der Waals surface area contributed by atoms with Gasteiger partial charge in [-0.3, -0.25) is 4.79 Å². The van der Waals surface area contributed by atoms with E-state index in [0.717, 1.165) is 18.7 Å². The van der Waals surface area contributed by atoms with Crippen molar-refractivity contribution in [2.45, 2.75) is 58.3 Å². The topological polar surface area (TPSA) is 52.7 Å². The molecule has 0 aromatic heterocycles. The van der Waals surface area contributed by atoms with Crippen LogP contribution in [0.2, 0.25) is 0 Å². The van der Waals surface area contributed by atoms with Crippen molar-refractivity contribution >= 4 is 17.6 Å². The van der Waals surface area contributed by atoms with Gasteiger partial charge in [0, 0.05) is 38.3 Å². The molecule has 3 rings (SSSR count). The van der Waals surface area contributed by atoms with Crippen LogP contribution in [0.5, 0.6) is 0 Å². The molecule has 1 saturated heterocycles. The van der Waals surface area contributed by atoms with Crippen LogP contribution in [0, 0.1) is 5.92 Å². The summed E-state index contributed by atoms with van der Waals surface area (Å²) in [7, 11) is 0. The highest BCUT2D eigenvalue weighted by Gasteiger charge is 2.25. The molecule has 2 fully saturated rings. The zero-order valence-corrected chi connectivity index (χ0v) is 16.7. The summed E-state index contributed by atoms with van der Waals surface area (Å²) >= 11 is 0. The molecule has 1 aromatic rings. The number of urea groups is 1. The van der Waals surface area contributed by atoms with E-state index in [2.05, 4.69) is 31.3 Å². The van der Waals surface area contributed by atoms with Crippen LogP contribution in [0.1, 0.15) is 63.9 Å². The molecule has 27 heavy (non-hydrogen) atoms. The molecule has 0 bridgehead atoms. The van der Waals surface area contributed by atoms with Crippen molar-refractivity contribution in [3.05, 3.63) is 29.8 Å². The Kier molecular flexibility index (Phi) is 6.75. The van der Waals surface area contributed by atoms with Crippen LogP contribution in [0.4, 0.5) is 10.5 Å². The SMILES string of the molecule is CC(C)c1ccc(NC(=O)N2CCCN(C(=O)CC3CCCC3)CC2)cc1. The molecule has 1 saturated carbocycles. The number of benzene rings is 1. The summed E-state index contributed by atoms with van der Waals surface area (Å²) in [5, 5.41) is 2.99. The van der Waals surface area contributed by atoms with Crippen LogP contribution in [0.25, 0.3) is 0 Å². The van der Waals surface area contributed by atoms with Gasteiger partial charge in [-0.1, -0.05) is 38.8 Å². The van der Waals surface area contributed by atoms with Crippen molar-refractivity contribution in [2.75, 3.05) is 31.5 Å². The molecule has 1 aromatic carbocycles. The molecule has 1 heterocycles. The summed E-state index contributed by atoms with van der Waals surface area (Å²) < 4.78 is 0. The van der Waals surface area contributed by atoms with E-state index in [4.69, 9.17) is 0 Å². The number of nitrogens with one attached hydrogen (secondary N) is 1. The van der Waals surface area contributed by atoms with Gasteiger partial charge in [-0.05, 0) is 48.8 Å².